The summed E-state index contributed by atoms with van der Waals surface area (Å²) in [5, 5.41) is 10.2. The Morgan fingerprint density at radius 2 is 1.88 bits per heavy atom. The molecule has 2 amide bonds. The third-order valence-electron chi connectivity index (χ3n) is 5.14. The second-order valence-electron chi connectivity index (χ2n) is 8.92. The van der Waals surface area contributed by atoms with E-state index in [-0.39, 0.29) is 28.5 Å². The van der Waals surface area contributed by atoms with E-state index in [1.165, 1.54) is 12.3 Å². The Bertz CT molecular complexity index is 1370. The molecule has 0 bridgehead atoms. The van der Waals surface area contributed by atoms with Crippen molar-refractivity contribution in [2.75, 3.05) is 11.1 Å². The van der Waals surface area contributed by atoms with Gasteiger partial charge in [-0.25, -0.2) is 9.97 Å². The number of nitrogens with zero attached hydrogens (tertiary/aromatic N) is 4. The number of carbonyl (C=O) groups is 2. The normalized spacial score (nSPS) is 12.4. The number of nitrogen functional groups attached to an aromatic ring is 1. The van der Waals surface area contributed by atoms with Gasteiger partial charge in [-0.05, 0) is 31.2 Å². The summed E-state index contributed by atoms with van der Waals surface area (Å²) < 4.78 is 5.29. The van der Waals surface area contributed by atoms with Crippen molar-refractivity contribution >= 4 is 34.2 Å². The van der Waals surface area contributed by atoms with Gasteiger partial charge >= 0.3 is 0 Å². The molecular weight excluding hydrogens is 434 g/mol. The van der Waals surface area contributed by atoms with Crippen LogP contribution >= 0.6 is 0 Å². The number of aromatic nitrogens is 4. The highest BCUT2D eigenvalue weighted by Gasteiger charge is 2.22. The maximum absolute atomic E-state index is 12.7. The zero-order valence-electron chi connectivity index (χ0n) is 19.3. The molecule has 34 heavy (non-hydrogen) atoms. The Morgan fingerprint density at radius 1 is 1.09 bits per heavy atom. The molecule has 1 atom stereocenters. The van der Waals surface area contributed by atoms with Gasteiger partial charge in [0.15, 0.2) is 17.3 Å². The Kier molecular flexibility index (Phi) is 5.97. The fraction of sp³-hybridized carbons (Fsp3) is 0.250. The molecule has 4 aromatic rings. The highest BCUT2D eigenvalue weighted by Crippen LogP contribution is 2.23. The maximum atomic E-state index is 12.7. The third-order valence-corrected chi connectivity index (χ3v) is 5.14. The minimum Gasteiger partial charge on any atom is -0.382 e. The van der Waals surface area contributed by atoms with Gasteiger partial charge in [0.25, 0.3) is 11.8 Å². The molecule has 0 unspecified atom stereocenters. The molecule has 10 heteroatoms. The van der Waals surface area contributed by atoms with E-state index in [2.05, 4.69) is 30.7 Å². The van der Waals surface area contributed by atoms with Gasteiger partial charge in [-0.15, -0.1) is 0 Å². The van der Waals surface area contributed by atoms with E-state index in [0.29, 0.717) is 17.1 Å². The second kappa shape index (κ2) is 8.89. The van der Waals surface area contributed by atoms with Crippen LogP contribution in [0.1, 0.15) is 66.2 Å². The molecule has 0 aliphatic carbocycles. The number of benzene rings is 1. The first-order valence-corrected chi connectivity index (χ1v) is 10.7. The molecule has 3 aromatic heterocycles. The molecule has 0 aliphatic heterocycles. The Hall–Kier alpha value is -4.34. The number of hydrogen-bond acceptors (Lipinski definition) is 8. The summed E-state index contributed by atoms with van der Waals surface area (Å²) in [6.45, 7) is 7.63. The summed E-state index contributed by atoms with van der Waals surface area (Å²) in [7, 11) is 0. The average Bonchev–Trinajstić information content (AvgIpc) is 3.30. The van der Waals surface area contributed by atoms with E-state index in [1.54, 1.807) is 31.3 Å². The number of carbonyl (C=O) groups excluding carboxylic acids is 2. The van der Waals surface area contributed by atoms with Crippen molar-refractivity contribution in [3.63, 3.8) is 0 Å². The molecular formula is C24H25N7O3. The van der Waals surface area contributed by atoms with Crippen molar-refractivity contribution in [3.05, 3.63) is 71.6 Å². The van der Waals surface area contributed by atoms with Gasteiger partial charge in [0.2, 0.25) is 0 Å². The lowest BCUT2D eigenvalue weighted by atomic mass is 9.96. The minimum atomic E-state index is -0.533. The Balaban J connectivity index is 1.42. The van der Waals surface area contributed by atoms with Crippen LogP contribution < -0.4 is 16.4 Å². The quantitative estimate of drug-likeness (QED) is 0.409. The van der Waals surface area contributed by atoms with Gasteiger partial charge in [0.1, 0.15) is 11.5 Å². The summed E-state index contributed by atoms with van der Waals surface area (Å²) in [6.07, 6.45) is 3.16. The summed E-state index contributed by atoms with van der Waals surface area (Å²) >= 11 is 0. The Morgan fingerprint density at radius 3 is 2.62 bits per heavy atom. The predicted octanol–water partition coefficient (Wildman–Crippen LogP) is 3.64. The van der Waals surface area contributed by atoms with Crippen molar-refractivity contribution in [1.29, 1.82) is 0 Å². The zero-order chi connectivity index (χ0) is 24.5. The molecule has 0 aliphatic rings. The monoisotopic (exact) mass is 459 g/mol. The molecule has 0 radical (unpaired) electrons. The van der Waals surface area contributed by atoms with Crippen LogP contribution in [0.4, 0.5) is 11.5 Å². The Labute approximate surface area is 196 Å². The van der Waals surface area contributed by atoms with E-state index in [0.717, 1.165) is 10.9 Å². The van der Waals surface area contributed by atoms with Gasteiger partial charge in [-0.2, -0.15) is 0 Å². The third kappa shape index (κ3) is 4.85. The van der Waals surface area contributed by atoms with E-state index in [1.807, 2.05) is 32.9 Å². The smallest absolute Gasteiger partial charge is 0.277 e. The van der Waals surface area contributed by atoms with Gasteiger partial charge in [-0.3, -0.25) is 14.6 Å². The van der Waals surface area contributed by atoms with Crippen LogP contribution in [0.3, 0.4) is 0 Å². The standard InChI is InChI=1S/C24H25N7O3/c1-13(28-21(32)15-7-8-16-14(10-15)6-5-9-26-16)19-11-17(31-34-19)22(33)29-18-12-27-23(24(2,3)4)30-20(18)25/h5-13H,1-4H3,(H,28,32)(H,29,33)(H2,25,27,30)/t13-/m1/s1. The number of rotatable bonds is 5. The van der Waals surface area contributed by atoms with Crippen LogP contribution in [0.25, 0.3) is 10.9 Å². The summed E-state index contributed by atoms with van der Waals surface area (Å²) in [5.41, 5.74) is 7.30. The fourth-order valence-corrected chi connectivity index (χ4v) is 3.21. The number of amides is 2. The second-order valence-corrected chi connectivity index (χ2v) is 8.92. The molecule has 0 spiro atoms. The first kappa shape index (κ1) is 22.8. The number of pyridine rings is 1. The summed E-state index contributed by atoms with van der Waals surface area (Å²) in [5.74, 6) is 0.231. The number of nitrogens with one attached hydrogen (secondary N) is 2. The number of fused-ring (bicyclic) bond motifs is 1. The van der Waals surface area contributed by atoms with Crippen LogP contribution in [0.5, 0.6) is 0 Å². The van der Waals surface area contributed by atoms with Crippen LogP contribution in [-0.2, 0) is 5.41 Å². The van der Waals surface area contributed by atoms with Crippen molar-refractivity contribution < 1.29 is 14.1 Å². The molecule has 10 nitrogen and oxygen atoms in total. The molecule has 4 N–H and O–H groups in total. The van der Waals surface area contributed by atoms with Crippen LogP contribution in [0.15, 0.2) is 53.3 Å². The SMILES string of the molecule is C[C@@H](NC(=O)c1ccc2ncccc2c1)c1cc(C(=O)Nc2cnc(C(C)(C)C)nc2N)no1. The first-order valence-electron chi connectivity index (χ1n) is 10.7. The molecule has 3 heterocycles. The number of anilines is 2. The van der Waals surface area contributed by atoms with Gasteiger partial charge in [0.05, 0.1) is 17.8 Å². The molecule has 0 saturated heterocycles. The van der Waals surface area contributed by atoms with Crippen molar-refractivity contribution in [2.45, 2.75) is 39.2 Å². The lowest BCUT2D eigenvalue weighted by Gasteiger charge is -2.17. The fourth-order valence-electron chi connectivity index (χ4n) is 3.21. The maximum Gasteiger partial charge on any atom is 0.277 e. The summed E-state index contributed by atoms with van der Waals surface area (Å²) in [4.78, 5) is 38.1. The van der Waals surface area contributed by atoms with Crippen molar-refractivity contribution in [1.82, 2.24) is 25.4 Å². The largest absolute Gasteiger partial charge is 0.382 e. The number of nitrogens with two attached hydrogens (primary N) is 1. The van der Waals surface area contributed by atoms with Crippen molar-refractivity contribution in [2.24, 2.45) is 0 Å². The van der Waals surface area contributed by atoms with E-state index < -0.39 is 11.9 Å². The van der Waals surface area contributed by atoms with Crippen molar-refractivity contribution in [3.8, 4) is 0 Å². The van der Waals surface area contributed by atoms with E-state index in [9.17, 15) is 9.59 Å². The van der Waals surface area contributed by atoms with Gasteiger partial charge < -0.3 is 20.9 Å². The molecule has 4 rings (SSSR count). The topological polar surface area (TPSA) is 149 Å². The molecule has 0 fully saturated rings. The average molecular weight is 460 g/mol. The van der Waals surface area contributed by atoms with E-state index >= 15 is 0 Å². The summed E-state index contributed by atoms with van der Waals surface area (Å²) in [6, 6.07) is 9.89. The number of hydrogen-bond donors (Lipinski definition) is 3. The lowest BCUT2D eigenvalue weighted by Crippen LogP contribution is -2.26. The first-order chi connectivity index (χ1) is 16.1. The highest BCUT2D eigenvalue weighted by molar-refractivity contribution is 6.04. The van der Waals surface area contributed by atoms with Crippen LogP contribution in [-0.4, -0.2) is 31.9 Å². The van der Waals surface area contributed by atoms with Gasteiger partial charge in [-0.1, -0.05) is 32.0 Å². The lowest BCUT2D eigenvalue weighted by molar-refractivity contribution is 0.0932. The molecule has 174 valence electrons. The molecule has 0 saturated carbocycles. The highest BCUT2D eigenvalue weighted by atomic mass is 16.5. The van der Waals surface area contributed by atoms with E-state index in [4.69, 9.17) is 10.3 Å². The predicted molar refractivity (Wildman–Crippen MR) is 127 cm³/mol. The van der Waals surface area contributed by atoms with Crippen LogP contribution in [0, 0.1) is 0 Å². The minimum absolute atomic E-state index is 0.0344. The van der Waals surface area contributed by atoms with Crippen LogP contribution in [0.2, 0.25) is 0 Å². The molecule has 1 aromatic carbocycles. The van der Waals surface area contributed by atoms with Gasteiger partial charge in [0, 0.05) is 28.6 Å². The zero-order valence-corrected chi connectivity index (χ0v) is 19.3.